The number of aryl methyl sites for hydroxylation is 1. The van der Waals surface area contributed by atoms with Crippen molar-refractivity contribution in [1.82, 2.24) is 9.78 Å². The van der Waals surface area contributed by atoms with Gasteiger partial charge in [-0.1, -0.05) is 12.1 Å². The molecule has 1 aromatic carbocycles. The molecule has 8 heteroatoms. The lowest BCUT2D eigenvalue weighted by molar-refractivity contribution is -0.121. The van der Waals surface area contributed by atoms with E-state index in [-0.39, 0.29) is 53.4 Å². The van der Waals surface area contributed by atoms with Crippen LogP contribution in [0.2, 0.25) is 0 Å². The van der Waals surface area contributed by atoms with Gasteiger partial charge in [-0.05, 0) is 73.6 Å². The van der Waals surface area contributed by atoms with Crippen LogP contribution in [0.25, 0.3) is 0 Å². The summed E-state index contributed by atoms with van der Waals surface area (Å²) in [5.41, 5.74) is 2.52. The first-order valence-electron chi connectivity index (χ1n) is 11.7. The molecule has 3 aliphatic carbocycles. The summed E-state index contributed by atoms with van der Waals surface area (Å²) in [7, 11) is -1.45. The maximum absolute atomic E-state index is 13.4. The molecular weight excluding hydrogens is 460 g/mol. The third-order valence-electron chi connectivity index (χ3n) is 7.15. The van der Waals surface area contributed by atoms with Crippen LogP contribution in [0.1, 0.15) is 80.0 Å². The zero-order chi connectivity index (χ0) is 22.5. The summed E-state index contributed by atoms with van der Waals surface area (Å²) in [6, 6.07) is 7.44. The maximum Gasteiger partial charge on any atom is 0.181 e. The molecule has 33 heavy (non-hydrogen) atoms. The minimum atomic E-state index is -3.28. The minimum Gasteiger partial charge on any atom is -0.300 e. The van der Waals surface area contributed by atoms with Gasteiger partial charge in [0.05, 0.1) is 22.3 Å². The standard InChI is InChI=1S/C25H30N2O4S.ClH/c1-27-11-10-19(26-27)15-24(29)22(13-16-2-6-20(28)12-16)18-5-9-25(23(14-18)17-3-4-17)32(30,31)21-7-8-21;/h5,9-11,14,16-17,21-22H,2-4,6-8,12-13,15H2,1H3;1H/t16-,22+;/m0./s1. The molecule has 0 bridgehead atoms. The summed E-state index contributed by atoms with van der Waals surface area (Å²) < 4.78 is 27.7. The SMILES string of the molecule is Cl.Cn1ccc(CC(=O)[C@H](C[C@H]2CCC(=O)C2)c2ccc(S(=O)(=O)C3CC3)c(C3CC3)c2)n1. The highest BCUT2D eigenvalue weighted by atomic mass is 35.5. The first-order chi connectivity index (χ1) is 15.3. The van der Waals surface area contributed by atoms with E-state index in [0.717, 1.165) is 48.9 Å². The van der Waals surface area contributed by atoms with E-state index in [1.54, 1.807) is 10.7 Å². The van der Waals surface area contributed by atoms with Gasteiger partial charge in [0.15, 0.2) is 9.84 Å². The van der Waals surface area contributed by atoms with E-state index in [0.29, 0.717) is 24.2 Å². The van der Waals surface area contributed by atoms with Gasteiger partial charge < -0.3 is 0 Å². The first-order valence-corrected chi connectivity index (χ1v) is 13.3. The second kappa shape index (κ2) is 9.34. The van der Waals surface area contributed by atoms with E-state index < -0.39 is 9.84 Å². The van der Waals surface area contributed by atoms with Gasteiger partial charge >= 0.3 is 0 Å². The predicted octanol–water partition coefficient (Wildman–Crippen LogP) is 4.31. The van der Waals surface area contributed by atoms with Crippen molar-refractivity contribution in [3.05, 3.63) is 47.3 Å². The lowest BCUT2D eigenvalue weighted by Gasteiger charge is -2.21. The van der Waals surface area contributed by atoms with Crippen LogP contribution in [0, 0.1) is 5.92 Å². The molecule has 1 heterocycles. The molecule has 3 aliphatic rings. The van der Waals surface area contributed by atoms with Crippen LogP contribution in [-0.4, -0.2) is 35.0 Å². The van der Waals surface area contributed by atoms with Crippen molar-refractivity contribution >= 4 is 33.8 Å². The van der Waals surface area contributed by atoms with E-state index in [4.69, 9.17) is 0 Å². The average molecular weight is 491 g/mol. The van der Waals surface area contributed by atoms with Crippen LogP contribution in [0.4, 0.5) is 0 Å². The fourth-order valence-corrected chi connectivity index (χ4v) is 6.98. The second-order valence-corrected chi connectivity index (χ2v) is 12.1. The number of halogens is 1. The van der Waals surface area contributed by atoms with Gasteiger partial charge in [0.1, 0.15) is 11.6 Å². The highest BCUT2D eigenvalue weighted by Crippen LogP contribution is 2.47. The highest BCUT2D eigenvalue weighted by Gasteiger charge is 2.41. The summed E-state index contributed by atoms with van der Waals surface area (Å²) in [6.45, 7) is 0. The normalized spacial score (nSPS) is 21.6. The van der Waals surface area contributed by atoms with Crippen LogP contribution in [0.5, 0.6) is 0 Å². The van der Waals surface area contributed by atoms with E-state index in [1.807, 2.05) is 31.4 Å². The Morgan fingerprint density at radius 2 is 1.91 bits per heavy atom. The number of carbonyl (C=O) groups excluding carboxylic acids is 2. The Morgan fingerprint density at radius 1 is 1.15 bits per heavy atom. The topological polar surface area (TPSA) is 86.1 Å². The number of carbonyl (C=O) groups is 2. The Morgan fingerprint density at radius 3 is 2.48 bits per heavy atom. The number of hydrogen-bond donors (Lipinski definition) is 0. The number of aromatic nitrogens is 2. The molecule has 0 N–H and O–H groups in total. The Bertz CT molecular complexity index is 1160. The van der Waals surface area contributed by atoms with Crippen molar-refractivity contribution < 1.29 is 18.0 Å². The Hall–Kier alpha value is -1.99. The van der Waals surface area contributed by atoms with E-state index in [2.05, 4.69) is 5.10 Å². The Labute approximate surface area is 201 Å². The number of ketones is 2. The lowest BCUT2D eigenvalue weighted by Crippen LogP contribution is -2.19. The molecule has 0 amide bonds. The van der Waals surface area contributed by atoms with Crippen LogP contribution >= 0.6 is 12.4 Å². The van der Waals surface area contributed by atoms with Crippen molar-refractivity contribution in [2.45, 2.75) is 79.8 Å². The molecule has 3 fully saturated rings. The molecule has 0 aliphatic heterocycles. The van der Waals surface area contributed by atoms with Crippen molar-refractivity contribution in [2.24, 2.45) is 13.0 Å². The smallest absolute Gasteiger partial charge is 0.181 e. The largest absolute Gasteiger partial charge is 0.300 e. The molecule has 0 radical (unpaired) electrons. The van der Waals surface area contributed by atoms with Gasteiger partial charge in [0.25, 0.3) is 0 Å². The summed E-state index contributed by atoms with van der Waals surface area (Å²) in [6.07, 6.45) is 8.16. The highest BCUT2D eigenvalue weighted by molar-refractivity contribution is 7.92. The molecular formula is C25H31ClN2O4S. The van der Waals surface area contributed by atoms with Crippen LogP contribution < -0.4 is 0 Å². The first kappa shape index (κ1) is 24.1. The molecule has 2 aromatic rings. The van der Waals surface area contributed by atoms with Gasteiger partial charge in [0.2, 0.25) is 0 Å². The number of hydrogen-bond acceptors (Lipinski definition) is 5. The molecule has 178 valence electrons. The number of rotatable bonds is 9. The van der Waals surface area contributed by atoms with Crippen molar-refractivity contribution in [3.63, 3.8) is 0 Å². The molecule has 3 saturated carbocycles. The van der Waals surface area contributed by atoms with Crippen LogP contribution in [-0.2, 0) is 32.9 Å². The van der Waals surface area contributed by atoms with Crippen molar-refractivity contribution in [3.8, 4) is 0 Å². The number of benzene rings is 1. The molecule has 1 aromatic heterocycles. The zero-order valence-electron chi connectivity index (χ0n) is 18.9. The number of Topliss-reactive ketones (excluding diaryl/α,β-unsaturated/α-hetero) is 2. The van der Waals surface area contributed by atoms with Crippen LogP contribution in [0.15, 0.2) is 35.4 Å². The predicted molar refractivity (Wildman–Crippen MR) is 127 cm³/mol. The fraction of sp³-hybridized carbons (Fsp3) is 0.560. The summed E-state index contributed by atoms with van der Waals surface area (Å²) in [5, 5.41) is 4.12. The van der Waals surface area contributed by atoms with Gasteiger partial charge in [-0.25, -0.2) is 8.42 Å². The Balaban J connectivity index is 0.00000259. The fourth-order valence-electron chi connectivity index (χ4n) is 5.05. The maximum atomic E-state index is 13.4. The molecule has 0 unspecified atom stereocenters. The minimum absolute atomic E-state index is 0. The van der Waals surface area contributed by atoms with E-state index in [1.165, 1.54) is 0 Å². The molecule has 2 atom stereocenters. The molecule has 0 spiro atoms. The summed E-state index contributed by atoms with van der Waals surface area (Å²) in [4.78, 5) is 25.8. The Kier molecular flexibility index (Phi) is 6.83. The number of nitrogens with zero attached hydrogens (tertiary/aromatic N) is 2. The van der Waals surface area contributed by atoms with Crippen molar-refractivity contribution in [2.75, 3.05) is 0 Å². The monoisotopic (exact) mass is 490 g/mol. The van der Waals surface area contributed by atoms with Gasteiger partial charge in [-0.15, -0.1) is 12.4 Å². The number of sulfone groups is 1. The van der Waals surface area contributed by atoms with Crippen LogP contribution in [0.3, 0.4) is 0 Å². The van der Waals surface area contributed by atoms with E-state index >= 15 is 0 Å². The van der Waals surface area contributed by atoms with Gasteiger partial charge in [-0.3, -0.25) is 14.3 Å². The lowest BCUT2D eigenvalue weighted by atomic mass is 9.83. The van der Waals surface area contributed by atoms with Crippen molar-refractivity contribution in [1.29, 1.82) is 0 Å². The molecule has 5 rings (SSSR count). The molecule has 0 saturated heterocycles. The zero-order valence-corrected chi connectivity index (χ0v) is 20.5. The van der Waals surface area contributed by atoms with E-state index in [9.17, 15) is 18.0 Å². The quantitative estimate of drug-likeness (QED) is 0.522. The third-order valence-corrected chi connectivity index (χ3v) is 9.49. The van der Waals surface area contributed by atoms with Gasteiger partial charge in [0, 0.05) is 32.0 Å². The average Bonchev–Trinajstić information content (AvgIpc) is 3.68. The molecule has 6 nitrogen and oxygen atoms in total. The third kappa shape index (κ3) is 5.24. The second-order valence-electron chi connectivity index (χ2n) is 9.88. The summed E-state index contributed by atoms with van der Waals surface area (Å²) >= 11 is 0. The summed E-state index contributed by atoms with van der Waals surface area (Å²) in [5.74, 6) is 0.499. The van der Waals surface area contributed by atoms with Gasteiger partial charge in [-0.2, -0.15) is 5.10 Å².